The summed E-state index contributed by atoms with van der Waals surface area (Å²) in [5.74, 6) is 0.0673. The molecule has 1 amide bonds. The number of fused-ring (bicyclic) bond motifs is 1. The first-order valence-corrected chi connectivity index (χ1v) is 6.58. The quantitative estimate of drug-likeness (QED) is 0.781. The predicted molar refractivity (Wildman–Crippen MR) is 75.4 cm³/mol. The van der Waals surface area contributed by atoms with Crippen LogP contribution in [0.1, 0.15) is 28.0 Å². The van der Waals surface area contributed by atoms with Gasteiger partial charge in [0.25, 0.3) is 5.91 Å². The summed E-state index contributed by atoms with van der Waals surface area (Å²) in [5.41, 5.74) is 3.83. The van der Waals surface area contributed by atoms with Gasteiger partial charge in [-0.3, -0.25) is 9.78 Å². The number of carbonyl (C=O) groups is 1. The van der Waals surface area contributed by atoms with Crippen molar-refractivity contribution < 1.29 is 4.79 Å². The number of hydrogen-bond acceptors (Lipinski definition) is 2. The van der Waals surface area contributed by atoms with Gasteiger partial charge in [-0.25, -0.2) is 0 Å². The SMILES string of the molecule is Cc1cccc(C(=O)N2CCCc3ncccc32)c1. The zero-order valence-corrected chi connectivity index (χ0v) is 11.0. The third-order valence-electron chi connectivity index (χ3n) is 3.46. The van der Waals surface area contributed by atoms with E-state index in [1.54, 1.807) is 6.20 Å². The van der Waals surface area contributed by atoms with Crippen LogP contribution in [0.2, 0.25) is 0 Å². The first-order valence-electron chi connectivity index (χ1n) is 6.58. The summed E-state index contributed by atoms with van der Waals surface area (Å²) in [7, 11) is 0. The van der Waals surface area contributed by atoms with Crippen molar-refractivity contribution in [3.05, 3.63) is 59.4 Å². The zero-order valence-electron chi connectivity index (χ0n) is 11.0. The van der Waals surface area contributed by atoms with Crippen LogP contribution in [0, 0.1) is 6.92 Å². The van der Waals surface area contributed by atoms with Gasteiger partial charge < -0.3 is 4.90 Å². The molecule has 3 rings (SSSR count). The van der Waals surface area contributed by atoms with E-state index in [0.29, 0.717) is 0 Å². The lowest BCUT2D eigenvalue weighted by atomic mass is 10.0. The third kappa shape index (κ3) is 2.24. The van der Waals surface area contributed by atoms with E-state index in [2.05, 4.69) is 4.98 Å². The first-order chi connectivity index (χ1) is 9.25. The highest BCUT2D eigenvalue weighted by Gasteiger charge is 2.23. The van der Waals surface area contributed by atoms with Crippen molar-refractivity contribution in [3.63, 3.8) is 0 Å². The zero-order chi connectivity index (χ0) is 13.2. The van der Waals surface area contributed by atoms with Crippen molar-refractivity contribution in [3.8, 4) is 0 Å². The number of aryl methyl sites for hydroxylation is 2. The lowest BCUT2D eigenvalue weighted by Crippen LogP contribution is -2.35. The maximum Gasteiger partial charge on any atom is 0.258 e. The van der Waals surface area contributed by atoms with Gasteiger partial charge in [0.15, 0.2) is 0 Å². The van der Waals surface area contributed by atoms with Crippen LogP contribution in [0.3, 0.4) is 0 Å². The number of hydrogen-bond donors (Lipinski definition) is 0. The van der Waals surface area contributed by atoms with Gasteiger partial charge in [-0.2, -0.15) is 0 Å². The van der Waals surface area contributed by atoms with Crippen molar-refractivity contribution in [2.75, 3.05) is 11.4 Å². The fourth-order valence-corrected chi connectivity index (χ4v) is 2.54. The molecule has 0 bridgehead atoms. The molecule has 96 valence electrons. The second-order valence-electron chi connectivity index (χ2n) is 4.90. The van der Waals surface area contributed by atoms with Gasteiger partial charge >= 0.3 is 0 Å². The molecule has 0 spiro atoms. The Morgan fingerprint density at radius 3 is 3.00 bits per heavy atom. The van der Waals surface area contributed by atoms with Crippen molar-refractivity contribution >= 4 is 11.6 Å². The molecule has 0 N–H and O–H groups in total. The molecule has 1 aromatic heterocycles. The Morgan fingerprint density at radius 2 is 2.16 bits per heavy atom. The summed E-state index contributed by atoms with van der Waals surface area (Å²) >= 11 is 0. The maximum atomic E-state index is 12.6. The average molecular weight is 252 g/mol. The topological polar surface area (TPSA) is 33.2 Å². The van der Waals surface area contributed by atoms with Crippen LogP contribution >= 0.6 is 0 Å². The third-order valence-corrected chi connectivity index (χ3v) is 3.46. The monoisotopic (exact) mass is 252 g/mol. The summed E-state index contributed by atoms with van der Waals surface area (Å²) in [6, 6.07) is 11.6. The van der Waals surface area contributed by atoms with Crippen LogP contribution in [0.15, 0.2) is 42.6 Å². The molecule has 0 radical (unpaired) electrons. The van der Waals surface area contributed by atoms with Gasteiger partial charge in [0, 0.05) is 18.3 Å². The standard InChI is InChI=1S/C16H16N2O/c1-12-5-2-6-13(11-12)16(19)18-10-4-7-14-15(18)8-3-9-17-14/h2-3,5-6,8-9,11H,4,7,10H2,1H3. The number of carbonyl (C=O) groups excluding carboxylic acids is 1. The van der Waals surface area contributed by atoms with Crippen molar-refractivity contribution in [1.82, 2.24) is 4.98 Å². The highest BCUT2D eigenvalue weighted by Crippen LogP contribution is 2.26. The molecule has 1 aromatic carbocycles. The van der Waals surface area contributed by atoms with E-state index in [9.17, 15) is 4.79 Å². The minimum atomic E-state index is 0.0673. The Bertz CT molecular complexity index is 622. The maximum absolute atomic E-state index is 12.6. The van der Waals surface area contributed by atoms with Gasteiger partial charge in [-0.1, -0.05) is 17.7 Å². The number of amides is 1. The summed E-state index contributed by atoms with van der Waals surface area (Å²) < 4.78 is 0. The summed E-state index contributed by atoms with van der Waals surface area (Å²) in [4.78, 5) is 18.8. The molecule has 3 nitrogen and oxygen atoms in total. The number of benzene rings is 1. The van der Waals surface area contributed by atoms with E-state index in [-0.39, 0.29) is 5.91 Å². The molecule has 0 saturated carbocycles. The second-order valence-corrected chi connectivity index (χ2v) is 4.90. The largest absolute Gasteiger partial charge is 0.307 e. The molecule has 3 heteroatoms. The smallest absolute Gasteiger partial charge is 0.258 e. The fraction of sp³-hybridized carbons (Fsp3) is 0.250. The van der Waals surface area contributed by atoms with E-state index in [0.717, 1.165) is 41.9 Å². The molecule has 0 unspecified atom stereocenters. The summed E-state index contributed by atoms with van der Waals surface area (Å²) in [5, 5.41) is 0. The van der Waals surface area contributed by atoms with E-state index >= 15 is 0 Å². The van der Waals surface area contributed by atoms with Gasteiger partial charge in [-0.15, -0.1) is 0 Å². The number of aromatic nitrogens is 1. The molecular formula is C16H16N2O. The van der Waals surface area contributed by atoms with Crippen LogP contribution in [-0.2, 0) is 6.42 Å². The minimum Gasteiger partial charge on any atom is -0.307 e. The molecule has 0 saturated heterocycles. The van der Waals surface area contributed by atoms with Gasteiger partial charge in [0.05, 0.1) is 11.4 Å². The number of nitrogens with zero attached hydrogens (tertiary/aromatic N) is 2. The molecule has 1 aliphatic rings. The first kappa shape index (κ1) is 11.9. The molecule has 19 heavy (non-hydrogen) atoms. The van der Waals surface area contributed by atoms with E-state index in [1.165, 1.54) is 0 Å². The van der Waals surface area contributed by atoms with Gasteiger partial charge in [-0.05, 0) is 44.0 Å². The van der Waals surface area contributed by atoms with E-state index < -0.39 is 0 Å². The van der Waals surface area contributed by atoms with Crippen LogP contribution in [0.4, 0.5) is 5.69 Å². The number of anilines is 1. The highest BCUT2D eigenvalue weighted by atomic mass is 16.2. The summed E-state index contributed by atoms with van der Waals surface area (Å²) in [6.07, 6.45) is 3.72. The van der Waals surface area contributed by atoms with E-state index in [1.807, 2.05) is 48.2 Å². The molecule has 0 atom stereocenters. The fourth-order valence-electron chi connectivity index (χ4n) is 2.54. The Balaban J connectivity index is 1.98. The van der Waals surface area contributed by atoms with Crippen LogP contribution < -0.4 is 4.90 Å². The van der Waals surface area contributed by atoms with Crippen molar-refractivity contribution in [2.45, 2.75) is 19.8 Å². The second kappa shape index (κ2) is 4.84. The molecule has 2 aromatic rings. The molecule has 2 heterocycles. The van der Waals surface area contributed by atoms with E-state index in [4.69, 9.17) is 0 Å². The van der Waals surface area contributed by atoms with Crippen LogP contribution in [-0.4, -0.2) is 17.4 Å². The molecule has 1 aliphatic heterocycles. The molecule has 0 fully saturated rings. The molecule has 0 aliphatic carbocycles. The average Bonchev–Trinajstić information content (AvgIpc) is 2.46. The Morgan fingerprint density at radius 1 is 1.26 bits per heavy atom. The Kier molecular flexibility index (Phi) is 3.03. The summed E-state index contributed by atoms with van der Waals surface area (Å²) in [6.45, 7) is 2.77. The van der Waals surface area contributed by atoms with Gasteiger partial charge in [0.2, 0.25) is 0 Å². The Hall–Kier alpha value is -2.16. The van der Waals surface area contributed by atoms with Crippen molar-refractivity contribution in [2.24, 2.45) is 0 Å². The number of pyridine rings is 1. The van der Waals surface area contributed by atoms with Gasteiger partial charge in [0.1, 0.15) is 0 Å². The lowest BCUT2D eigenvalue weighted by Gasteiger charge is -2.28. The normalized spacial score (nSPS) is 14.1. The highest BCUT2D eigenvalue weighted by molar-refractivity contribution is 6.06. The lowest BCUT2D eigenvalue weighted by molar-refractivity contribution is 0.0985. The molecular weight excluding hydrogens is 236 g/mol. The predicted octanol–water partition coefficient (Wildman–Crippen LogP) is 2.98. The van der Waals surface area contributed by atoms with Crippen molar-refractivity contribution in [1.29, 1.82) is 0 Å². The Labute approximate surface area is 112 Å². The van der Waals surface area contributed by atoms with Crippen LogP contribution in [0.25, 0.3) is 0 Å². The number of rotatable bonds is 1. The van der Waals surface area contributed by atoms with Crippen LogP contribution in [0.5, 0.6) is 0 Å². The minimum absolute atomic E-state index is 0.0673.